The molecule has 0 spiro atoms. The van der Waals surface area contributed by atoms with E-state index in [-0.39, 0.29) is 18.1 Å². The zero-order chi connectivity index (χ0) is 21.1. The Morgan fingerprint density at radius 1 is 1.07 bits per heavy atom. The molecule has 0 fully saturated rings. The minimum atomic E-state index is -2.28. The zero-order valence-corrected chi connectivity index (χ0v) is 14.9. The summed E-state index contributed by atoms with van der Waals surface area (Å²) in [6.07, 6.45) is 1.75. The topological polar surface area (TPSA) is 69.3 Å². The molecular formula is C18H14F5N3O3. The Balaban J connectivity index is 1.63. The summed E-state index contributed by atoms with van der Waals surface area (Å²) in [5, 5.41) is 6.76. The van der Waals surface area contributed by atoms with Crippen LogP contribution in [0.25, 0.3) is 0 Å². The van der Waals surface area contributed by atoms with Crippen molar-refractivity contribution in [3.8, 4) is 5.75 Å². The average molecular weight is 415 g/mol. The van der Waals surface area contributed by atoms with E-state index in [2.05, 4.69) is 15.2 Å². The first-order chi connectivity index (χ1) is 13.8. The van der Waals surface area contributed by atoms with E-state index >= 15 is 0 Å². The molecular weight excluding hydrogens is 401 g/mol. The van der Waals surface area contributed by atoms with Gasteiger partial charge in [0.2, 0.25) is 29.1 Å². The van der Waals surface area contributed by atoms with Gasteiger partial charge in [-0.05, 0) is 25.1 Å². The molecule has 0 unspecified atom stereocenters. The summed E-state index contributed by atoms with van der Waals surface area (Å²) in [6.45, 7) is 2.07. The molecule has 3 aromatic rings. The second-order valence-electron chi connectivity index (χ2n) is 5.80. The van der Waals surface area contributed by atoms with Gasteiger partial charge < -0.3 is 14.5 Å². The lowest BCUT2D eigenvalue weighted by atomic mass is 10.2. The van der Waals surface area contributed by atoms with Crippen molar-refractivity contribution in [2.45, 2.75) is 26.6 Å². The van der Waals surface area contributed by atoms with Gasteiger partial charge in [0, 0.05) is 12.7 Å². The highest BCUT2D eigenvalue weighted by atomic mass is 19.2. The number of nitrogens with one attached hydrogen (secondary N) is 1. The van der Waals surface area contributed by atoms with E-state index in [4.69, 9.17) is 4.42 Å². The highest BCUT2D eigenvalue weighted by Gasteiger charge is 2.27. The molecule has 0 radical (unpaired) electrons. The van der Waals surface area contributed by atoms with Crippen LogP contribution in [0.1, 0.15) is 28.9 Å². The molecule has 1 N–H and O–H groups in total. The highest BCUT2D eigenvalue weighted by molar-refractivity contribution is 5.91. The molecule has 0 saturated carbocycles. The van der Waals surface area contributed by atoms with Crippen molar-refractivity contribution in [2.75, 3.05) is 0 Å². The Hall–Kier alpha value is -3.37. The van der Waals surface area contributed by atoms with Crippen molar-refractivity contribution in [3.05, 3.63) is 70.7 Å². The van der Waals surface area contributed by atoms with Gasteiger partial charge in [-0.15, -0.1) is 0 Å². The number of hydrogen-bond donors (Lipinski definition) is 1. The lowest BCUT2D eigenvalue weighted by Crippen LogP contribution is -2.22. The number of aromatic nitrogens is 2. The summed E-state index contributed by atoms with van der Waals surface area (Å²) >= 11 is 0. The SMILES string of the molecule is CCn1ccc(CNC(=O)c2ccc(COc3c(F)c(F)c(F)c(F)c3F)o2)n1. The molecule has 29 heavy (non-hydrogen) atoms. The Morgan fingerprint density at radius 3 is 2.34 bits per heavy atom. The molecule has 0 aliphatic heterocycles. The second-order valence-corrected chi connectivity index (χ2v) is 5.80. The normalized spacial score (nSPS) is 11.0. The number of nitrogens with zero attached hydrogens (tertiary/aromatic N) is 2. The van der Waals surface area contributed by atoms with E-state index in [1.54, 1.807) is 16.9 Å². The average Bonchev–Trinajstić information content (AvgIpc) is 3.38. The van der Waals surface area contributed by atoms with Crippen LogP contribution in [0.4, 0.5) is 22.0 Å². The van der Waals surface area contributed by atoms with Crippen LogP contribution in [0, 0.1) is 29.1 Å². The van der Waals surface area contributed by atoms with Crippen molar-refractivity contribution >= 4 is 5.91 Å². The van der Waals surface area contributed by atoms with Crippen LogP contribution in [0.5, 0.6) is 5.75 Å². The highest BCUT2D eigenvalue weighted by Crippen LogP contribution is 2.29. The van der Waals surface area contributed by atoms with Crippen LogP contribution < -0.4 is 10.1 Å². The Labute approximate surface area is 160 Å². The summed E-state index contributed by atoms with van der Waals surface area (Å²) in [5.41, 5.74) is 0.627. The van der Waals surface area contributed by atoms with E-state index in [0.29, 0.717) is 12.2 Å². The van der Waals surface area contributed by atoms with Crippen molar-refractivity contribution in [1.82, 2.24) is 15.1 Å². The van der Waals surface area contributed by atoms with Gasteiger partial charge in [0.25, 0.3) is 5.91 Å². The number of furan rings is 1. The van der Waals surface area contributed by atoms with E-state index in [1.165, 1.54) is 12.1 Å². The van der Waals surface area contributed by atoms with E-state index in [1.807, 2.05) is 6.92 Å². The van der Waals surface area contributed by atoms with Gasteiger partial charge in [-0.2, -0.15) is 13.9 Å². The molecule has 2 aromatic heterocycles. The molecule has 0 bridgehead atoms. The molecule has 154 valence electrons. The lowest BCUT2D eigenvalue weighted by molar-refractivity contribution is 0.0918. The van der Waals surface area contributed by atoms with E-state index < -0.39 is 47.3 Å². The van der Waals surface area contributed by atoms with Crippen molar-refractivity contribution in [3.63, 3.8) is 0 Å². The van der Waals surface area contributed by atoms with Gasteiger partial charge in [0.05, 0.1) is 12.2 Å². The van der Waals surface area contributed by atoms with Gasteiger partial charge in [-0.1, -0.05) is 0 Å². The minimum absolute atomic E-state index is 0.0608. The number of benzene rings is 1. The summed E-state index contributed by atoms with van der Waals surface area (Å²) in [4.78, 5) is 12.1. The van der Waals surface area contributed by atoms with Crippen LogP contribution in [-0.4, -0.2) is 15.7 Å². The monoisotopic (exact) mass is 415 g/mol. The third-order valence-electron chi connectivity index (χ3n) is 3.86. The largest absolute Gasteiger partial charge is 0.479 e. The number of ether oxygens (including phenoxy) is 1. The van der Waals surface area contributed by atoms with Crippen LogP contribution in [-0.2, 0) is 19.7 Å². The Morgan fingerprint density at radius 2 is 1.72 bits per heavy atom. The Bertz CT molecular complexity index is 1020. The number of halogens is 5. The number of hydrogen-bond acceptors (Lipinski definition) is 4. The third kappa shape index (κ3) is 4.23. The molecule has 6 nitrogen and oxygen atoms in total. The number of carbonyl (C=O) groups is 1. The number of amides is 1. The first-order valence-electron chi connectivity index (χ1n) is 8.35. The number of carbonyl (C=O) groups excluding carboxylic acids is 1. The van der Waals surface area contributed by atoms with Crippen LogP contribution in [0.2, 0.25) is 0 Å². The van der Waals surface area contributed by atoms with Gasteiger partial charge in [-0.3, -0.25) is 9.48 Å². The standard InChI is InChI=1S/C18H14F5N3O3/c1-2-26-6-5-9(25-26)7-24-18(27)11-4-3-10(29-11)8-28-17-15(22)13(20)12(19)14(21)16(17)23/h3-6H,2,7-8H2,1H3,(H,24,27). The maximum Gasteiger partial charge on any atom is 0.287 e. The summed E-state index contributed by atoms with van der Waals surface area (Å²) in [7, 11) is 0. The molecule has 11 heteroatoms. The lowest BCUT2D eigenvalue weighted by Gasteiger charge is -2.09. The van der Waals surface area contributed by atoms with Gasteiger partial charge >= 0.3 is 0 Å². The first kappa shape index (κ1) is 20.4. The Kier molecular flexibility index (Phi) is 5.85. The smallest absolute Gasteiger partial charge is 0.287 e. The minimum Gasteiger partial charge on any atom is -0.479 e. The fraction of sp³-hybridized carbons (Fsp3) is 0.222. The van der Waals surface area contributed by atoms with Crippen molar-refractivity contribution in [1.29, 1.82) is 0 Å². The molecule has 0 aliphatic rings. The quantitative estimate of drug-likeness (QED) is 0.363. The summed E-state index contributed by atoms with van der Waals surface area (Å²) < 4.78 is 78.0. The van der Waals surface area contributed by atoms with Crippen LogP contribution in [0.15, 0.2) is 28.8 Å². The van der Waals surface area contributed by atoms with E-state index in [9.17, 15) is 26.7 Å². The predicted molar refractivity (Wildman–Crippen MR) is 88.3 cm³/mol. The van der Waals surface area contributed by atoms with Gasteiger partial charge in [0.15, 0.2) is 11.5 Å². The van der Waals surface area contributed by atoms with Crippen molar-refractivity contribution < 1.29 is 35.9 Å². The molecule has 1 amide bonds. The van der Waals surface area contributed by atoms with Crippen LogP contribution >= 0.6 is 0 Å². The fourth-order valence-electron chi connectivity index (χ4n) is 2.36. The molecule has 3 rings (SSSR count). The van der Waals surface area contributed by atoms with E-state index in [0.717, 1.165) is 0 Å². The summed E-state index contributed by atoms with van der Waals surface area (Å²) in [5.74, 6) is -12.9. The molecule has 0 atom stereocenters. The first-order valence-corrected chi connectivity index (χ1v) is 8.35. The fourth-order valence-corrected chi connectivity index (χ4v) is 2.36. The molecule has 1 aromatic carbocycles. The maximum atomic E-state index is 13.6. The maximum absolute atomic E-state index is 13.6. The summed E-state index contributed by atoms with van der Waals surface area (Å²) in [6, 6.07) is 4.28. The molecule has 0 aliphatic carbocycles. The zero-order valence-electron chi connectivity index (χ0n) is 14.9. The second kappa shape index (κ2) is 8.33. The number of rotatable bonds is 7. The molecule has 0 saturated heterocycles. The predicted octanol–water partition coefficient (Wildman–Crippen LogP) is 3.70. The van der Waals surface area contributed by atoms with Gasteiger partial charge in [0.1, 0.15) is 12.4 Å². The number of aryl methyl sites for hydroxylation is 1. The third-order valence-corrected chi connectivity index (χ3v) is 3.86. The van der Waals surface area contributed by atoms with Crippen LogP contribution in [0.3, 0.4) is 0 Å². The molecule has 2 heterocycles. The van der Waals surface area contributed by atoms with Crippen molar-refractivity contribution in [2.24, 2.45) is 0 Å². The van der Waals surface area contributed by atoms with Gasteiger partial charge in [-0.25, -0.2) is 13.2 Å².